The number of nitrogens with zero attached hydrogens (tertiary/aromatic N) is 2. The van der Waals surface area contributed by atoms with E-state index in [0.717, 1.165) is 16.9 Å². The van der Waals surface area contributed by atoms with E-state index in [4.69, 9.17) is 9.47 Å². The van der Waals surface area contributed by atoms with Crippen molar-refractivity contribution in [3.05, 3.63) is 53.9 Å². The molecule has 1 fully saturated rings. The number of imidazole rings is 1. The van der Waals surface area contributed by atoms with Crippen LogP contribution in [0.5, 0.6) is 11.5 Å². The first-order chi connectivity index (χ1) is 13.7. The molecule has 28 heavy (non-hydrogen) atoms. The van der Waals surface area contributed by atoms with Gasteiger partial charge in [-0.1, -0.05) is 12.1 Å². The van der Waals surface area contributed by atoms with Gasteiger partial charge >= 0.3 is 0 Å². The summed E-state index contributed by atoms with van der Waals surface area (Å²) in [6.07, 6.45) is 3.05. The molecule has 0 aliphatic heterocycles. The highest BCUT2D eigenvalue weighted by Crippen LogP contribution is 2.31. The molecule has 6 heteroatoms. The van der Waals surface area contributed by atoms with Crippen molar-refractivity contribution < 1.29 is 14.3 Å². The van der Waals surface area contributed by atoms with Gasteiger partial charge in [0.2, 0.25) is 0 Å². The van der Waals surface area contributed by atoms with Crippen LogP contribution in [0, 0.1) is 5.92 Å². The van der Waals surface area contributed by atoms with E-state index < -0.39 is 0 Å². The van der Waals surface area contributed by atoms with Gasteiger partial charge in [0.05, 0.1) is 30.3 Å². The molecule has 146 valence electrons. The van der Waals surface area contributed by atoms with Crippen LogP contribution < -0.4 is 14.8 Å². The SMILES string of the molecule is COc1ccc(C(=O)NCCc2nc3ccccc3n2C)c(OCC2CC2)c1. The van der Waals surface area contributed by atoms with Crippen LogP contribution in [0.1, 0.15) is 29.0 Å². The highest BCUT2D eigenvalue weighted by molar-refractivity contribution is 5.97. The van der Waals surface area contributed by atoms with Gasteiger partial charge in [0, 0.05) is 26.1 Å². The van der Waals surface area contributed by atoms with Crippen LogP contribution in [0.4, 0.5) is 0 Å². The second kappa shape index (κ2) is 7.92. The van der Waals surface area contributed by atoms with E-state index in [0.29, 0.717) is 42.6 Å². The van der Waals surface area contributed by atoms with Crippen molar-refractivity contribution in [2.75, 3.05) is 20.3 Å². The maximum absolute atomic E-state index is 12.7. The second-order valence-electron chi connectivity index (χ2n) is 7.20. The first-order valence-electron chi connectivity index (χ1n) is 9.65. The van der Waals surface area contributed by atoms with E-state index in [-0.39, 0.29) is 5.91 Å². The predicted octanol–water partition coefficient (Wildman–Crippen LogP) is 3.34. The summed E-state index contributed by atoms with van der Waals surface area (Å²) in [6, 6.07) is 13.3. The molecule has 0 spiro atoms. The maximum Gasteiger partial charge on any atom is 0.255 e. The fourth-order valence-electron chi connectivity index (χ4n) is 3.23. The minimum atomic E-state index is -0.146. The normalized spacial score (nSPS) is 13.5. The van der Waals surface area contributed by atoms with Crippen molar-refractivity contribution in [2.24, 2.45) is 13.0 Å². The van der Waals surface area contributed by atoms with Crippen molar-refractivity contribution in [3.8, 4) is 11.5 Å². The molecular weight excluding hydrogens is 354 g/mol. The van der Waals surface area contributed by atoms with Gasteiger partial charge in [-0.15, -0.1) is 0 Å². The molecule has 1 saturated carbocycles. The van der Waals surface area contributed by atoms with E-state index in [1.54, 1.807) is 25.3 Å². The molecule has 1 aliphatic rings. The van der Waals surface area contributed by atoms with Crippen molar-refractivity contribution in [3.63, 3.8) is 0 Å². The van der Waals surface area contributed by atoms with E-state index in [9.17, 15) is 4.79 Å². The number of fused-ring (bicyclic) bond motifs is 1. The third-order valence-electron chi connectivity index (χ3n) is 5.12. The number of benzene rings is 2. The van der Waals surface area contributed by atoms with Crippen LogP contribution >= 0.6 is 0 Å². The average Bonchev–Trinajstić information content (AvgIpc) is 3.50. The molecule has 0 atom stereocenters. The summed E-state index contributed by atoms with van der Waals surface area (Å²) in [7, 11) is 3.61. The zero-order valence-corrected chi connectivity index (χ0v) is 16.3. The highest BCUT2D eigenvalue weighted by atomic mass is 16.5. The summed E-state index contributed by atoms with van der Waals surface area (Å²) < 4.78 is 13.2. The fourth-order valence-corrected chi connectivity index (χ4v) is 3.23. The van der Waals surface area contributed by atoms with Gasteiger partial charge in [0.15, 0.2) is 0 Å². The number of ether oxygens (including phenoxy) is 2. The van der Waals surface area contributed by atoms with Gasteiger partial charge < -0.3 is 19.4 Å². The molecule has 6 nitrogen and oxygen atoms in total. The zero-order valence-electron chi connectivity index (χ0n) is 16.3. The number of hydrogen-bond donors (Lipinski definition) is 1. The Hall–Kier alpha value is -3.02. The Labute approximate surface area is 164 Å². The summed E-state index contributed by atoms with van der Waals surface area (Å²) >= 11 is 0. The van der Waals surface area contributed by atoms with Gasteiger partial charge in [0.1, 0.15) is 17.3 Å². The third kappa shape index (κ3) is 3.96. The Morgan fingerprint density at radius 3 is 2.82 bits per heavy atom. The van der Waals surface area contributed by atoms with Crippen LogP contribution in [0.3, 0.4) is 0 Å². The topological polar surface area (TPSA) is 65.4 Å². The highest BCUT2D eigenvalue weighted by Gasteiger charge is 2.23. The summed E-state index contributed by atoms with van der Waals surface area (Å²) in [5, 5.41) is 2.99. The molecule has 0 saturated heterocycles. The minimum Gasteiger partial charge on any atom is -0.497 e. The molecule has 1 heterocycles. The number of methoxy groups -OCH3 is 1. The Morgan fingerprint density at radius 2 is 2.07 bits per heavy atom. The lowest BCUT2D eigenvalue weighted by atomic mass is 10.1. The van der Waals surface area contributed by atoms with Crippen molar-refractivity contribution in [1.82, 2.24) is 14.9 Å². The van der Waals surface area contributed by atoms with Crippen molar-refractivity contribution in [2.45, 2.75) is 19.3 Å². The average molecular weight is 379 g/mol. The monoisotopic (exact) mass is 379 g/mol. The molecule has 1 aliphatic carbocycles. The van der Waals surface area contributed by atoms with Crippen LogP contribution in [-0.2, 0) is 13.5 Å². The molecule has 4 rings (SSSR count). The lowest BCUT2D eigenvalue weighted by molar-refractivity contribution is 0.0949. The van der Waals surface area contributed by atoms with Gasteiger partial charge in [-0.25, -0.2) is 4.98 Å². The number of aryl methyl sites for hydroxylation is 1. The number of nitrogens with one attached hydrogen (secondary N) is 1. The maximum atomic E-state index is 12.7. The van der Waals surface area contributed by atoms with Crippen LogP contribution in [-0.4, -0.2) is 35.7 Å². The molecular formula is C22H25N3O3. The molecule has 1 amide bonds. The molecule has 0 radical (unpaired) electrons. The Kier molecular flexibility index (Phi) is 5.19. The van der Waals surface area contributed by atoms with Crippen molar-refractivity contribution in [1.29, 1.82) is 0 Å². The molecule has 1 aromatic heterocycles. The lowest BCUT2D eigenvalue weighted by Crippen LogP contribution is -2.27. The standard InChI is InChI=1S/C22H25N3O3/c1-25-19-6-4-3-5-18(19)24-21(25)11-12-23-22(26)17-10-9-16(27-2)13-20(17)28-14-15-7-8-15/h3-6,9-10,13,15H,7-8,11-12,14H2,1-2H3,(H,23,26). The fraction of sp³-hybridized carbons (Fsp3) is 0.364. The van der Waals surface area contributed by atoms with E-state index >= 15 is 0 Å². The van der Waals surface area contributed by atoms with Gasteiger partial charge in [0.25, 0.3) is 5.91 Å². The summed E-state index contributed by atoms with van der Waals surface area (Å²) in [5.41, 5.74) is 2.60. The van der Waals surface area contributed by atoms with Crippen molar-refractivity contribution >= 4 is 16.9 Å². The van der Waals surface area contributed by atoms with Gasteiger partial charge in [-0.05, 0) is 43.0 Å². The zero-order chi connectivity index (χ0) is 19.5. The summed E-state index contributed by atoms with van der Waals surface area (Å²) in [6.45, 7) is 1.15. The van der Waals surface area contributed by atoms with Crippen LogP contribution in [0.25, 0.3) is 11.0 Å². The number of aromatic nitrogens is 2. The summed E-state index contributed by atoms with van der Waals surface area (Å²) in [5.74, 6) is 2.67. The molecule has 0 bridgehead atoms. The number of carbonyl (C=O) groups excluding carboxylic acids is 1. The number of hydrogen-bond acceptors (Lipinski definition) is 4. The predicted molar refractivity (Wildman–Crippen MR) is 108 cm³/mol. The number of amides is 1. The lowest BCUT2D eigenvalue weighted by Gasteiger charge is -2.13. The van der Waals surface area contributed by atoms with E-state index in [2.05, 4.69) is 14.9 Å². The number of para-hydroxylation sites is 2. The Balaban J connectivity index is 1.41. The Morgan fingerprint density at radius 1 is 1.25 bits per heavy atom. The third-order valence-corrected chi connectivity index (χ3v) is 5.12. The molecule has 1 N–H and O–H groups in total. The molecule has 0 unspecified atom stereocenters. The first kappa shape index (κ1) is 18.3. The van der Waals surface area contributed by atoms with Crippen LogP contribution in [0.15, 0.2) is 42.5 Å². The Bertz CT molecular complexity index is 992. The largest absolute Gasteiger partial charge is 0.497 e. The second-order valence-corrected chi connectivity index (χ2v) is 7.20. The minimum absolute atomic E-state index is 0.146. The van der Waals surface area contributed by atoms with Crippen LogP contribution in [0.2, 0.25) is 0 Å². The summed E-state index contributed by atoms with van der Waals surface area (Å²) in [4.78, 5) is 17.4. The molecule has 2 aromatic carbocycles. The smallest absolute Gasteiger partial charge is 0.255 e. The van der Waals surface area contributed by atoms with Gasteiger partial charge in [-0.3, -0.25) is 4.79 Å². The molecule has 3 aromatic rings. The van der Waals surface area contributed by atoms with E-state index in [1.165, 1.54) is 12.8 Å². The number of rotatable bonds is 8. The quantitative estimate of drug-likeness (QED) is 0.652. The van der Waals surface area contributed by atoms with E-state index in [1.807, 2.05) is 31.3 Å². The van der Waals surface area contributed by atoms with Gasteiger partial charge in [-0.2, -0.15) is 0 Å². The number of carbonyl (C=O) groups is 1. The first-order valence-corrected chi connectivity index (χ1v) is 9.65.